The highest BCUT2D eigenvalue weighted by Crippen LogP contribution is 2.46. The van der Waals surface area contributed by atoms with Gasteiger partial charge in [-0.1, -0.05) is 13.8 Å². The van der Waals surface area contributed by atoms with Crippen molar-refractivity contribution in [1.29, 1.82) is 0 Å². The third kappa shape index (κ3) is 4.64. The third-order valence-electron chi connectivity index (χ3n) is 3.23. The normalized spacial score (nSPS) is 23.4. The van der Waals surface area contributed by atoms with Crippen LogP contribution in [-0.2, 0) is 4.74 Å². The Morgan fingerprint density at radius 3 is 2.31 bits per heavy atom. The molecule has 1 saturated heterocycles. The van der Waals surface area contributed by atoms with E-state index >= 15 is 0 Å². The summed E-state index contributed by atoms with van der Waals surface area (Å²) in [5, 5.41) is 0. The summed E-state index contributed by atoms with van der Waals surface area (Å²) >= 11 is 2.09. The molecule has 2 fully saturated rings. The van der Waals surface area contributed by atoms with Gasteiger partial charge in [0.1, 0.15) is 0 Å². The molecule has 3 heteroatoms. The van der Waals surface area contributed by atoms with E-state index in [4.69, 9.17) is 4.74 Å². The van der Waals surface area contributed by atoms with Gasteiger partial charge in [0.2, 0.25) is 0 Å². The molecule has 2 rings (SSSR count). The summed E-state index contributed by atoms with van der Waals surface area (Å²) in [4.78, 5) is 2.63. The van der Waals surface area contributed by atoms with E-state index in [-0.39, 0.29) is 0 Å². The molecule has 0 spiro atoms. The van der Waals surface area contributed by atoms with Gasteiger partial charge in [-0.25, -0.2) is 0 Å². The van der Waals surface area contributed by atoms with Gasteiger partial charge in [-0.15, -0.1) is 0 Å². The van der Waals surface area contributed by atoms with E-state index in [1.807, 2.05) is 13.8 Å². The van der Waals surface area contributed by atoms with Crippen LogP contribution in [0.15, 0.2) is 0 Å². The summed E-state index contributed by atoms with van der Waals surface area (Å²) in [6.07, 6.45) is 2.77. The molecule has 16 heavy (non-hydrogen) atoms. The molecule has 0 aromatic rings. The number of thioether (sulfide) groups is 1. The van der Waals surface area contributed by atoms with E-state index in [2.05, 4.69) is 23.6 Å². The van der Waals surface area contributed by atoms with Crippen molar-refractivity contribution in [3.8, 4) is 0 Å². The molecule has 1 aliphatic heterocycles. The summed E-state index contributed by atoms with van der Waals surface area (Å²) in [6, 6.07) is 0. The Labute approximate surface area is 105 Å². The van der Waals surface area contributed by atoms with Crippen LogP contribution in [0.25, 0.3) is 0 Å². The Kier molecular flexibility index (Phi) is 6.78. The maximum absolute atomic E-state index is 5.57. The van der Waals surface area contributed by atoms with E-state index in [0.29, 0.717) is 5.41 Å². The van der Waals surface area contributed by atoms with Gasteiger partial charge in [0, 0.05) is 43.2 Å². The molecule has 2 nitrogen and oxygen atoms in total. The molecule has 0 aromatic heterocycles. The SMILES string of the molecule is CC.CCOCC1(CN2CCSCC2)CC1. The first kappa shape index (κ1) is 14.3. The quantitative estimate of drug-likeness (QED) is 0.739. The Morgan fingerprint density at radius 1 is 1.19 bits per heavy atom. The van der Waals surface area contributed by atoms with Crippen LogP contribution in [0.1, 0.15) is 33.6 Å². The average molecular weight is 245 g/mol. The minimum atomic E-state index is 0.554. The first-order chi connectivity index (χ1) is 7.85. The van der Waals surface area contributed by atoms with Crippen molar-refractivity contribution in [3.05, 3.63) is 0 Å². The van der Waals surface area contributed by atoms with Crippen molar-refractivity contribution in [2.24, 2.45) is 5.41 Å². The second kappa shape index (κ2) is 7.57. The predicted octanol–water partition coefficient (Wildman–Crippen LogP) is 2.88. The Hall–Kier alpha value is 0.270. The zero-order valence-corrected chi connectivity index (χ0v) is 11.9. The molecule has 96 valence electrons. The molecule has 1 aliphatic carbocycles. The largest absolute Gasteiger partial charge is 0.381 e. The van der Waals surface area contributed by atoms with Gasteiger partial charge in [-0.2, -0.15) is 11.8 Å². The maximum atomic E-state index is 5.57. The second-order valence-corrected chi connectivity index (χ2v) is 5.75. The number of hydrogen-bond donors (Lipinski definition) is 0. The van der Waals surface area contributed by atoms with Crippen molar-refractivity contribution in [1.82, 2.24) is 4.90 Å². The molecule has 0 radical (unpaired) electrons. The van der Waals surface area contributed by atoms with Gasteiger partial charge in [0.15, 0.2) is 0 Å². The number of rotatable bonds is 5. The van der Waals surface area contributed by atoms with Crippen LogP contribution in [0.5, 0.6) is 0 Å². The molecule has 0 N–H and O–H groups in total. The molecule has 0 atom stereocenters. The molecule has 1 heterocycles. The lowest BCUT2D eigenvalue weighted by Gasteiger charge is -2.30. The Morgan fingerprint density at radius 2 is 1.81 bits per heavy atom. The maximum Gasteiger partial charge on any atom is 0.0534 e. The van der Waals surface area contributed by atoms with Crippen LogP contribution in [0, 0.1) is 5.41 Å². The first-order valence-electron chi connectivity index (χ1n) is 6.72. The summed E-state index contributed by atoms with van der Waals surface area (Å²) in [5.41, 5.74) is 0.554. The van der Waals surface area contributed by atoms with Gasteiger partial charge in [0.05, 0.1) is 6.61 Å². The zero-order valence-electron chi connectivity index (χ0n) is 11.1. The summed E-state index contributed by atoms with van der Waals surface area (Å²) < 4.78 is 5.57. The van der Waals surface area contributed by atoms with E-state index < -0.39 is 0 Å². The predicted molar refractivity (Wildman–Crippen MR) is 73.3 cm³/mol. The van der Waals surface area contributed by atoms with Crippen LogP contribution in [0.2, 0.25) is 0 Å². The van der Waals surface area contributed by atoms with Crippen LogP contribution in [0.4, 0.5) is 0 Å². The monoisotopic (exact) mass is 245 g/mol. The standard InChI is InChI=1S/C11H21NOS.C2H6/c1-2-13-10-11(3-4-11)9-12-5-7-14-8-6-12;1-2/h2-10H2,1H3;1-2H3. The summed E-state index contributed by atoms with van der Waals surface area (Å²) in [6.45, 7) is 11.8. The zero-order chi connectivity index (χ0) is 11.9. The lowest BCUT2D eigenvalue weighted by Crippen LogP contribution is -2.38. The molecule has 0 amide bonds. The van der Waals surface area contributed by atoms with Gasteiger partial charge >= 0.3 is 0 Å². The number of nitrogens with zero attached hydrogens (tertiary/aromatic N) is 1. The van der Waals surface area contributed by atoms with E-state index in [1.165, 1.54) is 44.0 Å². The number of ether oxygens (including phenoxy) is 1. The molecule has 1 saturated carbocycles. The topological polar surface area (TPSA) is 12.5 Å². The molecule has 0 bridgehead atoms. The van der Waals surface area contributed by atoms with Crippen LogP contribution < -0.4 is 0 Å². The lowest BCUT2D eigenvalue weighted by molar-refractivity contribution is 0.0805. The summed E-state index contributed by atoms with van der Waals surface area (Å²) in [7, 11) is 0. The fourth-order valence-electron chi connectivity index (χ4n) is 2.08. The van der Waals surface area contributed by atoms with Crippen molar-refractivity contribution in [3.63, 3.8) is 0 Å². The van der Waals surface area contributed by atoms with Crippen molar-refractivity contribution < 1.29 is 4.74 Å². The molecule has 0 aromatic carbocycles. The molecule has 0 unspecified atom stereocenters. The molecular weight excluding hydrogens is 218 g/mol. The fraction of sp³-hybridized carbons (Fsp3) is 1.00. The van der Waals surface area contributed by atoms with Crippen molar-refractivity contribution in [2.45, 2.75) is 33.6 Å². The van der Waals surface area contributed by atoms with Gasteiger partial charge in [0.25, 0.3) is 0 Å². The lowest BCUT2D eigenvalue weighted by atomic mass is 10.1. The van der Waals surface area contributed by atoms with E-state index in [1.54, 1.807) is 0 Å². The molecule has 2 aliphatic rings. The minimum absolute atomic E-state index is 0.554. The minimum Gasteiger partial charge on any atom is -0.381 e. The van der Waals surface area contributed by atoms with Gasteiger partial charge in [-0.05, 0) is 19.8 Å². The average Bonchev–Trinajstić information content (AvgIpc) is 3.11. The highest BCUT2D eigenvalue weighted by atomic mass is 32.2. The third-order valence-corrected chi connectivity index (χ3v) is 4.17. The van der Waals surface area contributed by atoms with Crippen LogP contribution >= 0.6 is 11.8 Å². The Balaban J connectivity index is 0.000000606. The fourth-order valence-corrected chi connectivity index (χ4v) is 3.06. The molecular formula is C13H27NOS. The van der Waals surface area contributed by atoms with Crippen LogP contribution in [0.3, 0.4) is 0 Å². The Bertz CT molecular complexity index is 177. The van der Waals surface area contributed by atoms with E-state index in [0.717, 1.165) is 13.2 Å². The highest BCUT2D eigenvalue weighted by Gasteiger charge is 2.44. The van der Waals surface area contributed by atoms with Gasteiger partial charge in [-0.3, -0.25) is 0 Å². The van der Waals surface area contributed by atoms with Gasteiger partial charge < -0.3 is 9.64 Å². The first-order valence-corrected chi connectivity index (χ1v) is 7.88. The number of hydrogen-bond acceptors (Lipinski definition) is 3. The van der Waals surface area contributed by atoms with Crippen molar-refractivity contribution in [2.75, 3.05) is 44.4 Å². The van der Waals surface area contributed by atoms with E-state index in [9.17, 15) is 0 Å². The summed E-state index contributed by atoms with van der Waals surface area (Å²) in [5.74, 6) is 2.65. The van der Waals surface area contributed by atoms with Crippen LogP contribution in [-0.4, -0.2) is 49.3 Å². The highest BCUT2D eigenvalue weighted by molar-refractivity contribution is 7.99. The smallest absolute Gasteiger partial charge is 0.0534 e. The second-order valence-electron chi connectivity index (χ2n) is 4.53. The van der Waals surface area contributed by atoms with Crippen molar-refractivity contribution >= 4 is 11.8 Å².